The smallest absolute Gasteiger partial charge is 0.295 e. The van der Waals surface area contributed by atoms with Crippen LogP contribution >= 0.6 is 0 Å². The molecule has 1 amide bonds. The number of nitrogens with zero attached hydrogens (tertiary/aromatic N) is 3. The lowest BCUT2D eigenvalue weighted by molar-refractivity contribution is -0.140. The fourth-order valence-corrected chi connectivity index (χ4v) is 4.33. The Bertz CT molecular complexity index is 1250. The first-order valence-electron chi connectivity index (χ1n) is 11.1. The molecular weight excluding hydrogens is 450 g/mol. The van der Waals surface area contributed by atoms with Crippen molar-refractivity contribution < 1.29 is 28.9 Å². The Morgan fingerprint density at radius 2 is 1.83 bits per heavy atom. The Kier molecular flexibility index (Phi) is 7.05. The number of aryl methyl sites for hydroxylation is 1. The molecule has 0 saturated carbocycles. The topological polar surface area (TPSA) is 103 Å². The molecule has 182 valence electrons. The van der Waals surface area contributed by atoms with E-state index in [0.717, 1.165) is 0 Å². The quantitative estimate of drug-likeness (QED) is 0.286. The minimum atomic E-state index is -0.867. The van der Waals surface area contributed by atoms with Crippen LogP contribution in [0.25, 0.3) is 5.76 Å². The Balaban J connectivity index is 1.82. The Morgan fingerprint density at radius 1 is 1.03 bits per heavy atom. The van der Waals surface area contributed by atoms with Gasteiger partial charge in [0.05, 0.1) is 39.3 Å². The van der Waals surface area contributed by atoms with Crippen molar-refractivity contribution in [1.29, 1.82) is 0 Å². The van der Waals surface area contributed by atoms with Gasteiger partial charge in [-0.15, -0.1) is 0 Å². The highest BCUT2D eigenvalue weighted by Gasteiger charge is 2.47. The number of aliphatic hydroxyl groups is 1. The van der Waals surface area contributed by atoms with E-state index in [2.05, 4.69) is 4.98 Å². The highest BCUT2D eigenvalue weighted by atomic mass is 16.5. The predicted molar refractivity (Wildman–Crippen MR) is 128 cm³/mol. The number of hydrogen-bond acceptors (Lipinski definition) is 7. The van der Waals surface area contributed by atoms with Gasteiger partial charge in [-0.3, -0.25) is 9.59 Å². The fraction of sp³-hybridized carbons (Fsp3) is 0.269. The lowest BCUT2D eigenvalue weighted by Crippen LogP contribution is -2.31. The van der Waals surface area contributed by atoms with E-state index in [9.17, 15) is 14.7 Å². The molecule has 0 radical (unpaired) electrons. The maximum Gasteiger partial charge on any atom is 0.295 e. The molecule has 4 rings (SSSR count). The maximum absolute atomic E-state index is 13.3. The summed E-state index contributed by atoms with van der Waals surface area (Å²) in [5.74, 6) is -0.375. The number of rotatable bonds is 9. The van der Waals surface area contributed by atoms with Crippen LogP contribution in [0.5, 0.6) is 17.2 Å². The molecule has 0 aliphatic carbocycles. The molecule has 1 atom stereocenters. The number of aliphatic hydroxyl groups excluding tert-OH is 1. The van der Waals surface area contributed by atoms with Crippen LogP contribution in [0.15, 0.2) is 66.8 Å². The molecule has 2 heterocycles. The van der Waals surface area contributed by atoms with Gasteiger partial charge in [0, 0.05) is 36.6 Å². The number of ether oxygens (including phenoxy) is 3. The van der Waals surface area contributed by atoms with Crippen LogP contribution in [-0.2, 0) is 16.1 Å². The van der Waals surface area contributed by atoms with E-state index in [0.29, 0.717) is 41.3 Å². The van der Waals surface area contributed by atoms with E-state index in [-0.39, 0.29) is 17.9 Å². The largest absolute Gasteiger partial charge is 0.507 e. The second-order valence-electron chi connectivity index (χ2n) is 7.96. The molecule has 1 saturated heterocycles. The molecule has 9 nitrogen and oxygen atoms in total. The number of carbonyl (C=O) groups is 2. The normalized spacial score (nSPS) is 17.0. The predicted octanol–water partition coefficient (Wildman–Crippen LogP) is 3.42. The van der Waals surface area contributed by atoms with Gasteiger partial charge in [0.1, 0.15) is 11.5 Å². The van der Waals surface area contributed by atoms with Crippen LogP contribution in [0.1, 0.15) is 23.6 Å². The first kappa shape index (κ1) is 23.9. The number of Topliss-reactive ketones (excluding diaryl/α,β-unsaturated/α-hetero) is 1. The van der Waals surface area contributed by atoms with Crippen molar-refractivity contribution in [2.45, 2.75) is 19.0 Å². The number of methoxy groups -OCH3 is 3. The van der Waals surface area contributed by atoms with Crippen molar-refractivity contribution in [2.24, 2.45) is 0 Å². The second-order valence-corrected chi connectivity index (χ2v) is 7.96. The van der Waals surface area contributed by atoms with Crippen LogP contribution < -0.4 is 14.2 Å². The third-order valence-corrected chi connectivity index (χ3v) is 5.99. The minimum Gasteiger partial charge on any atom is -0.507 e. The third-order valence-electron chi connectivity index (χ3n) is 5.99. The van der Waals surface area contributed by atoms with Gasteiger partial charge >= 0.3 is 0 Å². The van der Waals surface area contributed by atoms with Gasteiger partial charge in [0.15, 0.2) is 11.5 Å². The number of para-hydroxylation sites is 1. The van der Waals surface area contributed by atoms with Crippen LogP contribution in [0, 0.1) is 0 Å². The lowest BCUT2D eigenvalue weighted by Gasteiger charge is -2.27. The number of benzene rings is 2. The molecule has 1 N–H and O–H groups in total. The maximum atomic E-state index is 13.3. The standard InChI is InChI=1S/C26H27N3O6/c1-33-18-8-4-7-17(15-18)23(30)21-22(19-9-5-10-20(34-2)25(19)35-3)29(26(32)24(21)31)13-6-12-28-14-11-27-16-28/h4-5,7-11,14-16,22,30H,6,12-13H2,1-3H3/b23-21-. The van der Waals surface area contributed by atoms with Crippen molar-refractivity contribution in [1.82, 2.24) is 14.5 Å². The van der Waals surface area contributed by atoms with Crippen molar-refractivity contribution in [3.63, 3.8) is 0 Å². The lowest BCUT2D eigenvalue weighted by atomic mass is 9.94. The van der Waals surface area contributed by atoms with E-state index < -0.39 is 17.7 Å². The molecule has 1 fully saturated rings. The molecule has 2 aromatic carbocycles. The molecule has 35 heavy (non-hydrogen) atoms. The van der Waals surface area contributed by atoms with Crippen LogP contribution in [0.4, 0.5) is 0 Å². The zero-order chi connectivity index (χ0) is 24.9. The summed E-state index contributed by atoms with van der Waals surface area (Å²) < 4.78 is 18.2. The van der Waals surface area contributed by atoms with Gasteiger partial charge in [0.25, 0.3) is 11.7 Å². The first-order valence-corrected chi connectivity index (χ1v) is 11.1. The van der Waals surface area contributed by atoms with Gasteiger partial charge in [0.2, 0.25) is 0 Å². The Hall–Kier alpha value is -4.27. The van der Waals surface area contributed by atoms with Crippen LogP contribution in [0.3, 0.4) is 0 Å². The number of amides is 1. The van der Waals surface area contributed by atoms with E-state index in [1.54, 1.807) is 55.0 Å². The van der Waals surface area contributed by atoms with Crippen LogP contribution in [-0.4, -0.2) is 59.1 Å². The summed E-state index contributed by atoms with van der Waals surface area (Å²) in [6, 6.07) is 11.1. The molecular formula is C26H27N3O6. The number of carbonyl (C=O) groups excluding carboxylic acids is 2. The molecule has 0 spiro atoms. The third kappa shape index (κ3) is 4.57. The van der Waals surface area contributed by atoms with Gasteiger partial charge < -0.3 is 28.8 Å². The summed E-state index contributed by atoms with van der Waals surface area (Å²) in [6.07, 6.45) is 5.78. The Labute approximate surface area is 203 Å². The first-order chi connectivity index (χ1) is 17.0. The van der Waals surface area contributed by atoms with Crippen molar-refractivity contribution >= 4 is 17.4 Å². The monoisotopic (exact) mass is 477 g/mol. The van der Waals surface area contributed by atoms with E-state index >= 15 is 0 Å². The average Bonchev–Trinajstić information content (AvgIpc) is 3.50. The Morgan fingerprint density at radius 3 is 2.51 bits per heavy atom. The van der Waals surface area contributed by atoms with Crippen molar-refractivity contribution in [3.8, 4) is 17.2 Å². The highest BCUT2D eigenvalue weighted by Crippen LogP contribution is 2.45. The summed E-state index contributed by atoms with van der Waals surface area (Å²) in [4.78, 5) is 32.0. The summed E-state index contributed by atoms with van der Waals surface area (Å²) in [7, 11) is 4.52. The molecule has 3 aromatic rings. The van der Waals surface area contributed by atoms with E-state index in [4.69, 9.17) is 14.2 Å². The highest BCUT2D eigenvalue weighted by molar-refractivity contribution is 6.46. The van der Waals surface area contributed by atoms with Gasteiger partial charge in [-0.05, 0) is 24.6 Å². The number of likely N-dealkylation sites (tertiary alicyclic amines) is 1. The number of hydrogen-bond donors (Lipinski definition) is 1. The number of ketones is 1. The van der Waals surface area contributed by atoms with Crippen molar-refractivity contribution in [2.75, 3.05) is 27.9 Å². The average molecular weight is 478 g/mol. The number of aromatic nitrogens is 2. The van der Waals surface area contributed by atoms with Gasteiger partial charge in [-0.2, -0.15) is 0 Å². The molecule has 1 aromatic heterocycles. The molecule has 1 unspecified atom stereocenters. The number of imidazole rings is 1. The molecule has 0 bridgehead atoms. The SMILES string of the molecule is COc1cccc(/C(O)=C2/C(=O)C(=O)N(CCCn3ccnc3)C2c2cccc(OC)c2OC)c1. The van der Waals surface area contributed by atoms with E-state index in [1.165, 1.54) is 26.2 Å². The molecule has 1 aliphatic rings. The minimum absolute atomic E-state index is 0.0163. The summed E-state index contributed by atoms with van der Waals surface area (Å²) in [6.45, 7) is 0.892. The van der Waals surface area contributed by atoms with Crippen molar-refractivity contribution in [3.05, 3.63) is 77.9 Å². The summed E-state index contributed by atoms with van der Waals surface area (Å²) in [5, 5.41) is 11.3. The van der Waals surface area contributed by atoms with E-state index in [1.807, 2.05) is 10.8 Å². The zero-order valence-electron chi connectivity index (χ0n) is 19.8. The molecule has 1 aliphatic heterocycles. The second kappa shape index (κ2) is 10.3. The molecule has 9 heteroatoms. The summed E-state index contributed by atoms with van der Waals surface area (Å²) >= 11 is 0. The van der Waals surface area contributed by atoms with Crippen LogP contribution in [0.2, 0.25) is 0 Å². The summed E-state index contributed by atoms with van der Waals surface area (Å²) in [5.41, 5.74) is 0.892. The zero-order valence-corrected chi connectivity index (χ0v) is 19.8. The fourth-order valence-electron chi connectivity index (χ4n) is 4.33. The van der Waals surface area contributed by atoms with Gasteiger partial charge in [-0.25, -0.2) is 4.98 Å². The van der Waals surface area contributed by atoms with Gasteiger partial charge in [-0.1, -0.05) is 24.3 Å².